The Morgan fingerprint density at radius 1 is 1.17 bits per heavy atom. The van der Waals surface area contributed by atoms with E-state index in [0.29, 0.717) is 18.1 Å². The van der Waals surface area contributed by atoms with E-state index in [9.17, 15) is 10.1 Å². The second-order valence-electron chi connectivity index (χ2n) is 8.45. The van der Waals surface area contributed by atoms with E-state index in [-0.39, 0.29) is 30.7 Å². The van der Waals surface area contributed by atoms with Crippen molar-refractivity contribution in [1.82, 2.24) is 14.8 Å². The second-order valence-corrected chi connectivity index (χ2v) is 8.45. The van der Waals surface area contributed by atoms with Crippen LogP contribution in [0.15, 0.2) is 54.7 Å². The third kappa shape index (κ3) is 5.01. The van der Waals surface area contributed by atoms with Crippen molar-refractivity contribution in [2.75, 3.05) is 13.7 Å². The molecule has 0 radical (unpaired) electrons. The Balaban J connectivity index is 1.72. The van der Waals surface area contributed by atoms with E-state index < -0.39 is 0 Å². The molecule has 0 aliphatic carbocycles. The van der Waals surface area contributed by atoms with E-state index >= 15 is 0 Å². The smallest absolute Gasteiger partial charge is 0.310 e. The van der Waals surface area contributed by atoms with Crippen LogP contribution in [0.3, 0.4) is 0 Å². The van der Waals surface area contributed by atoms with Gasteiger partial charge in [-0.25, -0.2) is 4.98 Å². The molecule has 8 nitrogen and oxygen atoms in total. The van der Waals surface area contributed by atoms with E-state index in [2.05, 4.69) is 24.9 Å². The number of hydrogen-bond donors (Lipinski definition) is 0. The Morgan fingerprint density at radius 2 is 1.97 bits per heavy atom. The maximum absolute atomic E-state index is 12.0. The number of hydrogen-bond acceptors (Lipinski definition) is 7. The van der Waals surface area contributed by atoms with Gasteiger partial charge in [0.15, 0.2) is 11.4 Å². The summed E-state index contributed by atoms with van der Waals surface area (Å²) < 4.78 is 18.7. The van der Waals surface area contributed by atoms with Crippen LogP contribution in [0, 0.1) is 11.3 Å². The number of rotatable bonds is 9. The van der Waals surface area contributed by atoms with Gasteiger partial charge in [0, 0.05) is 28.8 Å². The Bertz CT molecular complexity index is 1440. The summed E-state index contributed by atoms with van der Waals surface area (Å²) in [5.41, 5.74) is 4.38. The van der Waals surface area contributed by atoms with Gasteiger partial charge in [-0.3, -0.25) is 9.48 Å². The highest BCUT2D eigenvalue weighted by Gasteiger charge is 2.18. The molecule has 36 heavy (non-hydrogen) atoms. The highest BCUT2D eigenvalue weighted by Crippen LogP contribution is 2.35. The number of benzene rings is 2. The van der Waals surface area contributed by atoms with Gasteiger partial charge in [0.25, 0.3) is 0 Å². The van der Waals surface area contributed by atoms with Gasteiger partial charge in [0.05, 0.1) is 25.7 Å². The van der Waals surface area contributed by atoms with Gasteiger partial charge in [-0.2, -0.15) is 10.4 Å². The van der Waals surface area contributed by atoms with E-state index in [1.807, 2.05) is 53.2 Å². The van der Waals surface area contributed by atoms with Crippen LogP contribution in [0.1, 0.15) is 43.8 Å². The fraction of sp³-hybridized carbons (Fsp3) is 0.286. The molecule has 0 bridgehead atoms. The zero-order chi connectivity index (χ0) is 25.7. The van der Waals surface area contributed by atoms with Crippen molar-refractivity contribution in [3.8, 4) is 28.7 Å². The molecule has 0 aliphatic heterocycles. The van der Waals surface area contributed by atoms with Crippen molar-refractivity contribution >= 4 is 16.9 Å². The lowest BCUT2D eigenvalue weighted by molar-refractivity contribution is -0.142. The van der Waals surface area contributed by atoms with Crippen LogP contribution in [0.5, 0.6) is 11.5 Å². The van der Waals surface area contributed by atoms with Gasteiger partial charge in [0.2, 0.25) is 0 Å². The molecule has 0 unspecified atom stereocenters. The predicted molar refractivity (Wildman–Crippen MR) is 136 cm³/mol. The Kier molecular flexibility index (Phi) is 7.50. The second kappa shape index (κ2) is 10.9. The van der Waals surface area contributed by atoms with Crippen LogP contribution in [-0.2, 0) is 22.6 Å². The average molecular weight is 485 g/mol. The van der Waals surface area contributed by atoms with E-state index in [1.165, 1.54) is 7.11 Å². The molecule has 0 spiro atoms. The molecule has 4 rings (SSSR count). The fourth-order valence-electron chi connectivity index (χ4n) is 4.14. The lowest BCUT2D eigenvalue weighted by Crippen LogP contribution is -2.09. The molecule has 2 heterocycles. The number of aromatic nitrogens is 3. The van der Waals surface area contributed by atoms with Gasteiger partial charge in [0.1, 0.15) is 24.1 Å². The summed E-state index contributed by atoms with van der Waals surface area (Å²) >= 11 is 0. The third-order valence-electron chi connectivity index (χ3n) is 5.77. The first-order chi connectivity index (χ1) is 17.5. The van der Waals surface area contributed by atoms with Gasteiger partial charge >= 0.3 is 5.97 Å². The number of pyridine rings is 1. The van der Waals surface area contributed by atoms with Crippen molar-refractivity contribution in [3.05, 3.63) is 71.7 Å². The standard InChI is InChI=1S/C28H28N4O4/c1-5-35-27(33)15-20-8-6-7-9-26(20)36-17-24-22-14-19(10-11-25(22)32(31-24)18(2)3)21-12-13-30-23(16-29)28(21)34-4/h6-14,18H,5,15,17H2,1-4H3. The summed E-state index contributed by atoms with van der Waals surface area (Å²) in [6.45, 7) is 6.49. The van der Waals surface area contributed by atoms with Crippen LogP contribution in [0.4, 0.5) is 0 Å². The number of para-hydroxylation sites is 1. The largest absolute Gasteiger partial charge is 0.493 e. The molecule has 0 saturated carbocycles. The molecule has 8 heteroatoms. The molecule has 0 amide bonds. The summed E-state index contributed by atoms with van der Waals surface area (Å²) in [7, 11) is 1.53. The molecule has 2 aromatic carbocycles. The summed E-state index contributed by atoms with van der Waals surface area (Å²) in [5, 5.41) is 15.2. The van der Waals surface area contributed by atoms with E-state index in [4.69, 9.17) is 19.3 Å². The quantitative estimate of drug-likeness (QED) is 0.299. The van der Waals surface area contributed by atoms with Crippen molar-refractivity contribution in [1.29, 1.82) is 5.26 Å². The molecular formula is C28H28N4O4. The number of methoxy groups -OCH3 is 1. The topological polar surface area (TPSA) is 99.3 Å². The van der Waals surface area contributed by atoms with Crippen molar-refractivity contribution < 1.29 is 19.0 Å². The van der Waals surface area contributed by atoms with E-state index in [0.717, 1.165) is 33.3 Å². The van der Waals surface area contributed by atoms with Gasteiger partial charge in [-0.15, -0.1) is 0 Å². The molecule has 0 aliphatic rings. The van der Waals surface area contributed by atoms with Crippen LogP contribution in [0.25, 0.3) is 22.0 Å². The van der Waals surface area contributed by atoms with Crippen LogP contribution in [0.2, 0.25) is 0 Å². The van der Waals surface area contributed by atoms with Crippen LogP contribution < -0.4 is 9.47 Å². The molecule has 4 aromatic rings. The van der Waals surface area contributed by atoms with E-state index in [1.54, 1.807) is 13.1 Å². The maximum Gasteiger partial charge on any atom is 0.310 e. The summed E-state index contributed by atoms with van der Waals surface area (Å²) in [6.07, 6.45) is 1.74. The third-order valence-corrected chi connectivity index (χ3v) is 5.77. The number of fused-ring (bicyclic) bond motifs is 1. The first kappa shape index (κ1) is 24.7. The summed E-state index contributed by atoms with van der Waals surface area (Å²) in [6, 6.07) is 17.5. The van der Waals surface area contributed by atoms with Crippen molar-refractivity contribution in [2.24, 2.45) is 0 Å². The average Bonchev–Trinajstić information content (AvgIpc) is 3.26. The highest BCUT2D eigenvalue weighted by molar-refractivity contribution is 5.88. The molecule has 184 valence electrons. The number of nitriles is 1. The van der Waals surface area contributed by atoms with Gasteiger partial charge < -0.3 is 14.2 Å². The number of carbonyl (C=O) groups is 1. The Hall–Kier alpha value is -4.38. The minimum absolute atomic E-state index is 0.137. The first-order valence-corrected chi connectivity index (χ1v) is 11.8. The highest BCUT2D eigenvalue weighted by atomic mass is 16.5. The summed E-state index contributed by atoms with van der Waals surface area (Å²) in [5.74, 6) is 0.750. The minimum Gasteiger partial charge on any atom is -0.493 e. The monoisotopic (exact) mass is 484 g/mol. The van der Waals surface area contributed by atoms with Gasteiger partial charge in [-0.05, 0) is 50.6 Å². The Morgan fingerprint density at radius 3 is 2.69 bits per heavy atom. The Labute approximate surface area is 210 Å². The number of carbonyl (C=O) groups excluding carboxylic acids is 1. The molecule has 0 saturated heterocycles. The van der Waals surface area contributed by atoms with Crippen LogP contribution in [-0.4, -0.2) is 34.5 Å². The molecule has 0 N–H and O–H groups in total. The lowest BCUT2D eigenvalue weighted by Gasteiger charge is -2.11. The minimum atomic E-state index is -0.296. The normalized spacial score (nSPS) is 10.9. The molecular weight excluding hydrogens is 456 g/mol. The molecule has 0 atom stereocenters. The van der Waals surface area contributed by atoms with Crippen LogP contribution >= 0.6 is 0 Å². The fourth-order valence-corrected chi connectivity index (χ4v) is 4.14. The zero-order valence-corrected chi connectivity index (χ0v) is 20.8. The SMILES string of the molecule is CCOC(=O)Cc1ccccc1OCc1nn(C(C)C)c2ccc(-c3ccnc(C#N)c3OC)cc12. The zero-order valence-electron chi connectivity index (χ0n) is 20.8. The number of ether oxygens (including phenoxy) is 3. The lowest BCUT2D eigenvalue weighted by atomic mass is 10.0. The van der Waals surface area contributed by atoms with Crippen molar-refractivity contribution in [2.45, 2.75) is 39.8 Å². The maximum atomic E-state index is 12.0. The summed E-state index contributed by atoms with van der Waals surface area (Å²) in [4.78, 5) is 16.1. The van der Waals surface area contributed by atoms with Gasteiger partial charge in [-0.1, -0.05) is 24.3 Å². The molecule has 0 fully saturated rings. The number of nitrogens with zero attached hydrogens (tertiary/aromatic N) is 4. The van der Waals surface area contributed by atoms with Crippen molar-refractivity contribution in [3.63, 3.8) is 0 Å². The predicted octanol–water partition coefficient (Wildman–Crippen LogP) is 5.24. The molecule has 2 aromatic heterocycles. The number of esters is 1. The first-order valence-electron chi connectivity index (χ1n) is 11.8.